The molecule has 2 atom stereocenters. The highest BCUT2D eigenvalue weighted by atomic mass is 16.5. The molecule has 0 fully saturated rings. The lowest BCUT2D eigenvalue weighted by Crippen LogP contribution is -2.38. The molecule has 1 heterocycles. The predicted octanol–water partition coefficient (Wildman–Crippen LogP) is 7.19. The van der Waals surface area contributed by atoms with E-state index in [9.17, 15) is 0 Å². The topological polar surface area (TPSA) is 34.0 Å². The predicted molar refractivity (Wildman–Crippen MR) is 139 cm³/mol. The van der Waals surface area contributed by atoms with Crippen molar-refractivity contribution in [1.29, 1.82) is 0 Å². The summed E-state index contributed by atoms with van der Waals surface area (Å²) in [6.07, 6.45) is 4.64. The Morgan fingerprint density at radius 2 is 1.62 bits per heavy atom. The number of aliphatic imine (C=N–C) groups is 2. The number of ether oxygens (including phenoxy) is 1. The minimum atomic E-state index is 0.243. The quantitative estimate of drug-likeness (QED) is 0.447. The van der Waals surface area contributed by atoms with Gasteiger partial charge in [0, 0.05) is 0 Å². The smallest absolute Gasteiger partial charge is 0.161 e. The third-order valence-corrected chi connectivity index (χ3v) is 7.65. The second kappa shape index (κ2) is 10.5. The monoisotopic (exact) mass is 430 g/mol. The van der Waals surface area contributed by atoms with Gasteiger partial charge in [-0.05, 0) is 47.3 Å². The third kappa shape index (κ3) is 6.14. The molecule has 32 heavy (non-hydrogen) atoms. The van der Waals surface area contributed by atoms with Crippen molar-refractivity contribution in [2.75, 3.05) is 6.61 Å². The lowest BCUT2D eigenvalue weighted by atomic mass is 9.56. The fourth-order valence-electron chi connectivity index (χ4n) is 4.66. The fourth-order valence-corrected chi connectivity index (χ4v) is 4.66. The maximum atomic E-state index is 6.45. The van der Waals surface area contributed by atoms with Crippen LogP contribution in [-0.4, -0.2) is 19.9 Å². The zero-order valence-corrected chi connectivity index (χ0v) is 20.8. The summed E-state index contributed by atoms with van der Waals surface area (Å²) in [6.45, 7) is 15.1. The number of rotatable bonds is 6. The van der Waals surface area contributed by atoms with Crippen molar-refractivity contribution in [1.82, 2.24) is 0 Å². The SMILES string of the molecule is CCC(C)(C)CC(C1CBc2ccccc2N=C=Nc2ccccc2OC1)C(C)(C)CC. The van der Waals surface area contributed by atoms with Crippen LogP contribution in [0.4, 0.5) is 11.4 Å². The molecular formula is C28H39BN2O. The zero-order valence-electron chi connectivity index (χ0n) is 20.8. The van der Waals surface area contributed by atoms with Gasteiger partial charge in [0.05, 0.1) is 12.3 Å². The summed E-state index contributed by atoms with van der Waals surface area (Å²) in [5.74, 6) is 1.83. The molecule has 0 bridgehead atoms. The molecule has 0 aliphatic carbocycles. The molecule has 1 aliphatic rings. The van der Waals surface area contributed by atoms with Crippen molar-refractivity contribution in [3.05, 3.63) is 48.5 Å². The fraction of sp³-hybridized carbons (Fsp3) is 0.536. The van der Waals surface area contributed by atoms with Crippen LogP contribution in [0, 0.1) is 22.7 Å². The van der Waals surface area contributed by atoms with Crippen LogP contribution in [0.5, 0.6) is 5.75 Å². The molecule has 3 nitrogen and oxygen atoms in total. The molecule has 0 spiro atoms. The summed E-state index contributed by atoms with van der Waals surface area (Å²) in [5, 5.41) is 0. The number of hydrogen-bond donors (Lipinski definition) is 0. The van der Waals surface area contributed by atoms with Gasteiger partial charge in [-0.1, -0.05) is 96.5 Å². The van der Waals surface area contributed by atoms with Crippen LogP contribution in [0.3, 0.4) is 0 Å². The normalized spacial score (nSPS) is 17.8. The first-order valence-electron chi connectivity index (χ1n) is 12.2. The van der Waals surface area contributed by atoms with Gasteiger partial charge in [-0.2, -0.15) is 9.98 Å². The van der Waals surface area contributed by atoms with Gasteiger partial charge in [-0.3, -0.25) is 0 Å². The molecule has 0 radical (unpaired) electrons. The van der Waals surface area contributed by atoms with Crippen molar-refractivity contribution >= 4 is 30.1 Å². The number of nitrogens with zero attached hydrogens (tertiary/aromatic N) is 2. The van der Waals surface area contributed by atoms with Gasteiger partial charge in [0.1, 0.15) is 17.4 Å². The molecule has 0 saturated heterocycles. The van der Waals surface area contributed by atoms with Crippen LogP contribution in [0.25, 0.3) is 0 Å². The van der Waals surface area contributed by atoms with Crippen LogP contribution >= 0.6 is 0 Å². The Morgan fingerprint density at radius 1 is 0.969 bits per heavy atom. The second-order valence-electron chi connectivity index (χ2n) is 10.7. The van der Waals surface area contributed by atoms with Gasteiger partial charge < -0.3 is 4.74 Å². The molecule has 4 heteroatoms. The van der Waals surface area contributed by atoms with Gasteiger partial charge >= 0.3 is 0 Å². The van der Waals surface area contributed by atoms with Crippen molar-refractivity contribution < 1.29 is 4.74 Å². The Balaban J connectivity index is 2.03. The molecule has 2 unspecified atom stereocenters. The van der Waals surface area contributed by atoms with Gasteiger partial charge in [0.2, 0.25) is 0 Å². The van der Waals surface area contributed by atoms with E-state index in [1.54, 1.807) is 0 Å². The summed E-state index contributed by atoms with van der Waals surface area (Å²) in [6, 6.07) is 19.3. The summed E-state index contributed by atoms with van der Waals surface area (Å²) in [5.41, 5.74) is 3.57. The zero-order chi connectivity index (χ0) is 23.2. The Bertz CT molecular complexity index is 904. The van der Waals surface area contributed by atoms with Crippen LogP contribution < -0.4 is 10.2 Å². The molecule has 2 aromatic carbocycles. The minimum Gasteiger partial charge on any atom is -0.491 e. The van der Waals surface area contributed by atoms with E-state index in [0.29, 0.717) is 23.9 Å². The van der Waals surface area contributed by atoms with Crippen LogP contribution in [-0.2, 0) is 0 Å². The van der Waals surface area contributed by atoms with E-state index < -0.39 is 0 Å². The van der Waals surface area contributed by atoms with Crippen LogP contribution in [0.1, 0.15) is 60.8 Å². The van der Waals surface area contributed by atoms with E-state index in [0.717, 1.165) is 37.1 Å². The first-order chi connectivity index (χ1) is 15.3. The highest BCUT2D eigenvalue weighted by molar-refractivity contribution is 6.55. The maximum absolute atomic E-state index is 6.45. The van der Waals surface area contributed by atoms with E-state index in [-0.39, 0.29) is 5.41 Å². The Kier molecular flexibility index (Phi) is 8.01. The van der Waals surface area contributed by atoms with Gasteiger partial charge in [-0.25, -0.2) is 0 Å². The largest absolute Gasteiger partial charge is 0.491 e. The van der Waals surface area contributed by atoms with Gasteiger partial charge in [0.15, 0.2) is 7.28 Å². The molecule has 3 rings (SSSR count). The first kappa shape index (κ1) is 24.3. The van der Waals surface area contributed by atoms with E-state index in [1.165, 1.54) is 18.3 Å². The van der Waals surface area contributed by atoms with Crippen molar-refractivity contribution in [3.8, 4) is 5.75 Å². The maximum Gasteiger partial charge on any atom is 0.161 e. The molecule has 0 aromatic heterocycles. The number of para-hydroxylation sites is 3. The number of hydrogen-bond acceptors (Lipinski definition) is 3. The Labute approximate surface area is 195 Å². The van der Waals surface area contributed by atoms with Crippen molar-refractivity contribution in [2.24, 2.45) is 32.7 Å². The molecule has 1 aliphatic heterocycles. The van der Waals surface area contributed by atoms with Gasteiger partial charge in [-0.15, -0.1) is 0 Å². The second-order valence-corrected chi connectivity index (χ2v) is 10.7. The summed E-state index contributed by atoms with van der Waals surface area (Å²) >= 11 is 0. The van der Waals surface area contributed by atoms with Crippen LogP contribution in [0.2, 0.25) is 6.32 Å². The summed E-state index contributed by atoms with van der Waals surface area (Å²) in [4.78, 5) is 9.04. The third-order valence-electron chi connectivity index (χ3n) is 7.65. The first-order valence-corrected chi connectivity index (χ1v) is 12.2. The Morgan fingerprint density at radius 3 is 2.34 bits per heavy atom. The Hall–Kier alpha value is -2.32. The lowest BCUT2D eigenvalue weighted by molar-refractivity contribution is 0.0595. The molecule has 0 amide bonds. The number of fused-ring (bicyclic) bond motifs is 2. The number of benzene rings is 2. The average molecular weight is 430 g/mol. The standard InChI is InChI=1S/C28H39BN2O/c1-7-27(3,4)17-22(28(5,6)8-2)21-18-29-23-13-9-10-14-24(23)30-20-31-25-15-11-12-16-26(25)32-19-21/h9-16,21-22,29H,7-8,17-19H2,1-6H3. The van der Waals surface area contributed by atoms with Gasteiger partial charge in [0.25, 0.3) is 0 Å². The average Bonchev–Trinajstić information content (AvgIpc) is 2.78. The highest BCUT2D eigenvalue weighted by Gasteiger charge is 2.38. The molecule has 2 aromatic rings. The van der Waals surface area contributed by atoms with E-state index in [1.807, 2.05) is 30.3 Å². The molecule has 0 N–H and O–H groups in total. The molecular weight excluding hydrogens is 391 g/mol. The van der Waals surface area contributed by atoms with Crippen molar-refractivity contribution in [2.45, 2.75) is 67.1 Å². The minimum absolute atomic E-state index is 0.243. The lowest BCUT2D eigenvalue weighted by Gasteiger charge is -2.43. The van der Waals surface area contributed by atoms with E-state index in [4.69, 9.17) is 4.74 Å². The highest BCUT2D eigenvalue weighted by Crippen LogP contribution is 2.45. The summed E-state index contributed by atoms with van der Waals surface area (Å²) in [7, 11) is 0.986. The van der Waals surface area contributed by atoms with E-state index >= 15 is 0 Å². The summed E-state index contributed by atoms with van der Waals surface area (Å²) < 4.78 is 6.45. The molecule has 0 saturated carbocycles. The molecule has 170 valence electrons. The van der Waals surface area contributed by atoms with Crippen LogP contribution in [0.15, 0.2) is 58.5 Å². The van der Waals surface area contributed by atoms with Crippen molar-refractivity contribution in [3.63, 3.8) is 0 Å². The van der Waals surface area contributed by atoms with E-state index in [2.05, 4.69) is 75.7 Å².